The van der Waals surface area contributed by atoms with E-state index in [2.05, 4.69) is 0 Å². The van der Waals surface area contributed by atoms with E-state index >= 15 is 0 Å². The Labute approximate surface area is 136 Å². The van der Waals surface area contributed by atoms with Gasteiger partial charge in [0.25, 0.3) is 5.69 Å². The van der Waals surface area contributed by atoms with Gasteiger partial charge in [-0.1, -0.05) is 23.7 Å². The number of nitro groups is 1. The van der Waals surface area contributed by atoms with Crippen LogP contribution >= 0.6 is 11.6 Å². The molecule has 23 heavy (non-hydrogen) atoms. The van der Waals surface area contributed by atoms with Crippen molar-refractivity contribution >= 4 is 29.0 Å². The van der Waals surface area contributed by atoms with E-state index in [0.717, 1.165) is 0 Å². The van der Waals surface area contributed by atoms with Crippen LogP contribution in [-0.2, 0) is 4.74 Å². The number of ether oxygens (including phenoxy) is 1. The zero-order chi connectivity index (χ0) is 17.0. The molecule has 118 valence electrons. The zero-order valence-corrected chi connectivity index (χ0v) is 12.9. The minimum Gasteiger partial charge on any atom is -0.454 e. The Balaban J connectivity index is 2.05. The molecule has 0 amide bonds. The molecule has 0 aliphatic rings. The van der Waals surface area contributed by atoms with Crippen molar-refractivity contribution in [2.45, 2.75) is 6.92 Å². The summed E-state index contributed by atoms with van der Waals surface area (Å²) in [6.07, 6.45) is 0. The van der Waals surface area contributed by atoms with Crippen molar-refractivity contribution in [3.63, 3.8) is 0 Å². The first kappa shape index (κ1) is 16.6. The van der Waals surface area contributed by atoms with Crippen molar-refractivity contribution in [3.8, 4) is 0 Å². The summed E-state index contributed by atoms with van der Waals surface area (Å²) in [6, 6.07) is 10.3. The van der Waals surface area contributed by atoms with Crippen molar-refractivity contribution in [2.75, 3.05) is 6.61 Å². The van der Waals surface area contributed by atoms with Crippen LogP contribution in [-0.4, -0.2) is 23.3 Å². The van der Waals surface area contributed by atoms with Crippen molar-refractivity contribution in [1.82, 2.24) is 0 Å². The molecule has 6 nitrogen and oxygen atoms in total. The Morgan fingerprint density at radius 3 is 2.52 bits per heavy atom. The molecule has 7 heteroatoms. The molecule has 0 heterocycles. The van der Waals surface area contributed by atoms with Crippen LogP contribution in [0.15, 0.2) is 42.5 Å². The highest BCUT2D eigenvalue weighted by molar-refractivity contribution is 6.34. The number of hydrogen-bond acceptors (Lipinski definition) is 5. The quantitative estimate of drug-likeness (QED) is 0.361. The van der Waals surface area contributed by atoms with Gasteiger partial charge in [-0.15, -0.1) is 0 Å². The normalized spacial score (nSPS) is 10.2. The van der Waals surface area contributed by atoms with Crippen LogP contribution in [0.25, 0.3) is 0 Å². The summed E-state index contributed by atoms with van der Waals surface area (Å²) in [5.41, 5.74) is 0.650. The van der Waals surface area contributed by atoms with Crippen molar-refractivity contribution in [3.05, 3.63) is 74.3 Å². The summed E-state index contributed by atoms with van der Waals surface area (Å²) in [5, 5.41) is 11.0. The first-order chi connectivity index (χ1) is 10.9. The van der Waals surface area contributed by atoms with Gasteiger partial charge < -0.3 is 4.74 Å². The molecule has 0 aliphatic heterocycles. The van der Waals surface area contributed by atoms with E-state index in [1.54, 1.807) is 18.2 Å². The van der Waals surface area contributed by atoms with Crippen LogP contribution < -0.4 is 0 Å². The molecule has 2 aromatic rings. The largest absolute Gasteiger partial charge is 0.454 e. The van der Waals surface area contributed by atoms with Gasteiger partial charge in [-0.3, -0.25) is 14.9 Å². The van der Waals surface area contributed by atoms with E-state index < -0.39 is 23.3 Å². The maximum atomic E-state index is 12.0. The van der Waals surface area contributed by atoms with Gasteiger partial charge in [0.1, 0.15) is 0 Å². The SMILES string of the molecule is Cc1cc(C(=O)OCC(=O)c2ccccc2Cl)ccc1[N+](=O)[O-]. The fourth-order valence-electron chi connectivity index (χ4n) is 1.97. The first-order valence-electron chi connectivity index (χ1n) is 6.60. The highest BCUT2D eigenvalue weighted by Gasteiger charge is 2.17. The summed E-state index contributed by atoms with van der Waals surface area (Å²) in [7, 11) is 0. The number of carbonyl (C=O) groups excluding carboxylic acids is 2. The van der Waals surface area contributed by atoms with Gasteiger partial charge in [0.15, 0.2) is 6.61 Å². The van der Waals surface area contributed by atoms with Crippen LogP contribution in [0.1, 0.15) is 26.3 Å². The second kappa shape index (κ2) is 7.02. The minimum absolute atomic E-state index is 0.0892. The third kappa shape index (κ3) is 3.92. The average Bonchev–Trinajstić information content (AvgIpc) is 2.52. The number of aryl methyl sites for hydroxylation is 1. The summed E-state index contributed by atoms with van der Waals surface area (Å²) in [4.78, 5) is 34.1. The number of nitrogens with zero attached hydrogens (tertiary/aromatic N) is 1. The molecule has 2 rings (SSSR count). The van der Waals surface area contributed by atoms with Gasteiger partial charge in [-0.2, -0.15) is 0 Å². The number of nitro benzene ring substituents is 1. The molecule has 0 atom stereocenters. The molecular weight excluding hydrogens is 322 g/mol. The molecule has 0 aliphatic carbocycles. The van der Waals surface area contributed by atoms with Crippen LogP contribution in [0, 0.1) is 17.0 Å². The third-order valence-electron chi connectivity index (χ3n) is 3.14. The Morgan fingerprint density at radius 2 is 1.91 bits per heavy atom. The number of rotatable bonds is 5. The fraction of sp³-hybridized carbons (Fsp3) is 0.125. The number of Topliss-reactive ketones (excluding diaryl/α,β-unsaturated/α-hetero) is 1. The number of carbonyl (C=O) groups is 2. The van der Waals surface area contributed by atoms with Crippen LogP contribution in [0.4, 0.5) is 5.69 Å². The monoisotopic (exact) mass is 333 g/mol. The average molecular weight is 334 g/mol. The Hall–Kier alpha value is -2.73. The highest BCUT2D eigenvalue weighted by atomic mass is 35.5. The summed E-state index contributed by atoms with van der Waals surface area (Å²) < 4.78 is 4.94. The highest BCUT2D eigenvalue weighted by Crippen LogP contribution is 2.20. The molecule has 0 saturated carbocycles. The van der Waals surface area contributed by atoms with Crippen molar-refractivity contribution < 1.29 is 19.2 Å². The van der Waals surface area contributed by atoms with E-state index in [0.29, 0.717) is 5.56 Å². The predicted molar refractivity (Wildman–Crippen MR) is 83.9 cm³/mol. The number of benzene rings is 2. The topological polar surface area (TPSA) is 86.5 Å². The Bertz CT molecular complexity index is 788. The van der Waals surface area contributed by atoms with E-state index in [1.807, 2.05) is 0 Å². The maximum Gasteiger partial charge on any atom is 0.338 e. The van der Waals surface area contributed by atoms with Gasteiger partial charge in [0.2, 0.25) is 5.78 Å². The lowest BCUT2D eigenvalue weighted by atomic mass is 10.1. The van der Waals surface area contributed by atoms with Gasteiger partial charge in [-0.05, 0) is 31.2 Å². The zero-order valence-electron chi connectivity index (χ0n) is 12.1. The smallest absolute Gasteiger partial charge is 0.338 e. The van der Waals surface area contributed by atoms with Crippen molar-refractivity contribution in [2.24, 2.45) is 0 Å². The molecule has 0 saturated heterocycles. The second-order valence-electron chi connectivity index (χ2n) is 4.74. The van der Waals surface area contributed by atoms with Gasteiger partial charge in [0, 0.05) is 17.2 Å². The third-order valence-corrected chi connectivity index (χ3v) is 3.47. The van der Waals surface area contributed by atoms with E-state index in [9.17, 15) is 19.7 Å². The molecule has 0 N–H and O–H groups in total. The molecular formula is C16H12ClNO5. The number of hydrogen-bond donors (Lipinski definition) is 0. The molecule has 0 spiro atoms. The van der Waals surface area contributed by atoms with E-state index in [-0.39, 0.29) is 21.8 Å². The molecule has 0 aromatic heterocycles. The van der Waals surface area contributed by atoms with Gasteiger partial charge in [-0.25, -0.2) is 4.79 Å². The summed E-state index contributed by atoms with van der Waals surface area (Å²) >= 11 is 5.89. The summed E-state index contributed by atoms with van der Waals surface area (Å²) in [6.45, 7) is 1.06. The van der Waals surface area contributed by atoms with Crippen LogP contribution in [0.5, 0.6) is 0 Å². The van der Waals surface area contributed by atoms with E-state index in [1.165, 1.54) is 31.2 Å². The van der Waals surface area contributed by atoms with Gasteiger partial charge in [0.05, 0.1) is 15.5 Å². The van der Waals surface area contributed by atoms with E-state index in [4.69, 9.17) is 16.3 Å². The molecule has 0 bridgehead atoms. The fourth-order valence-corrected chi connectivity index (χ4v) is 2.21. The van der Waals surface area contributed by atoms with Crippen LogP contribution in [0.3, 0.4) is 0 Å². The summed E-state index contributed by atoms with van der Waals surface area (Å²) in [5.74, 6) is -1.16. The second-order valence-corrected chi connectivity index (χ2v) is 5.14. The minimum atomic E-state index is -0.733. The first-order valence-corrected chi connectivity index (χ1v) is 6.98. The lowest BCUT2D eigenvalue weighted by molar-refractivity contribution is -0.385. The molecule has 0 fully saturated rings. The maximum absolute atomic E-state index is 12.0. The Morgan fingerprint density at radius 1 is 1.22 bits per heavy atom. The number of ketones is 1. The molecule has 2 aromatic carbocycles. The Kier molecular flexibility index (Phi) is 5.08. The number of halogens is 1. The standard InChI is InChI=1S/C16H12ClNO5/c1-10-8-11(6-7-14(10)18(21)22)16(20)23-9-15(19)12-4-2-3-5-13(12)17/h2-8H,9H2,1H3. The predicted octanol–water partition coefficient (Wildman–Crippen LogP) is 3.60. The lowest BCUT2D eigenvalue weighted by Crippen LogP contribution is -2.14. The molecule has 0 unspecified atom stereocenters. The molecule has 0 radical (unpaired) electrons. The lowest BCUT2D eigenvalue weighted by Gasteiger charge is -2.06. The van der Waals surface area contributed by atoms with Crippen molar-refractivity contribution in [1.29, 1.82) is 0 Å². The van der Waals surface area contributed by atoms with Crippen LogP contribution in [0.2, 0.25) is 5.02 Å². The number of esters is 1. The van der Waals surface area contributed by atoms with Gasteiger partial charge >= 0.3 is 5.97 Å².